The molecule has 0 saturated heterocycles. The zero-order valence-corrected chi connectivity index (χ0v) is 23.5. The van der Waals surface area contributed by atoms with Gasteiger partial charge in [-0.1, -0.05) is 35.3 Å². The molecule has 2 aromatic carbocycles. The molecular weight excluding hydrogens is 505 g/mol. The van der Waals surface area contributed by atoms with Gasteiger partial charge in [0.15, 0.2) is 11.5 Å². The van der Waals surface area contributed by atoms with E-state index >= 15 is 0 Å². The van der Waals surface area contributed by atoms with E-state index in [9.17, 15) is 4.79 Å². The molecule has 1 unspecified atom stereocenters. The van der Waals surface area contributed by atoms with Gasteiger partial charge in [0.1, 0.15) is 5.60 Å². The van der Waals surface area contributed by atoms with Gasteiger partial charge in [-0.25, -0.2) is 4.79 Å². The van der Waals surface area contributed by atoms with Crippen LogP contribution in [0.4, 0.5) is 4.79 Å². The fourth-order valence-corrected chi connectivity index (χ4v) is 4.07. The molecule has 2 aromatic rings. The molecule has 7 nitrogen and oxygen atoms in total. The van der Waals surface area contributed by atoms with E-state index in [2.05, 4.69) is 6.58 Å². The number of rotatable bonds is 11. The number of likely N-dealkylation sites (N-methyl/N-ethyl adjacent to an activating group) is 1. The van der Waals surface area contributed by atoms with Crippen molar-refractivity contribution in [3.05, 3.63) is 64.2 Å². The molecule has 0 fully saturated rings. The molecule has 0 aromatic heterocycles. The lowest BCUT2D eigenvalue weighted by molar-refractivity contribution is -0.0299. The van der Waals surface area contributed by atoms with Crippen LogP contribution in [0.3, 0.4) is 0 Å². The van der Waals surface area contributed by atoms with E-state index in [1.54, 1.807) is 46.6 Å². The van der Waals surface area contributed by atoms with Gasteiger partial charge in [0.05, 0.1) is 50.1 Å². The maximum Gasteiger partial charge on any atom is 0.410 e. The number of nitrogens with zero attached hydrogens (tertiary/aromatic N) is 1. The molecule has 0 radical (unpaired) electrons. The van der Waals surface area contributed by atoms with E-state index in [4.69, 9.17) is 46.9 Å². The number of hydrogen-bond acceptors (Lipinski definition) is 6. The Morgan fingerprint density at radius 1 is 1.00 bits per heavy atom. The van der Waals surface area contributed by atoms with Crippen LogP contribution in [0.25, 0.3) is 0 Å². The second-order valence-electron chi connectivity index (χ2n) is 9.22. The van der Waals surface area contributed by atoms with E-state index in [1.165, 1.54) is 4.90 Å². The molecular formula is C27H35Cl2NO6. The summed E-state index contributed by atoms with van der Waals surface area (Å²) < 4.78 is 28.2. The third-order valence-electron chi connectivity index (χ3n) is 5.58. The van der Waals surface area contributed by atoms with Gasteiger partial charge in [-0.15, -0.1) is 6.58 Å². The second-order valence-corrected chi connectivity index (χ2v) is 10.0. The molecule has 0 N–H and O–H groups in total. The van der Waals surface area contributed by atoms with Crippen LogP contribution < -0.4 is 14.2 Å². The highest BCUT2D eigenvalue weighted by molar-refractivity contribution is 6.42. The lowest BCUT2D eigenvalue weighted by atomic mass is 9.85. The quantitative estimate of drug-likeness (QED) is 0.290. The Balaban J connectivity index is 2.46. The van der Waals surface area contributed by atoms with Gasteiger partial charge >= 0.3 is 6.09 Å². The van der Waals surface area contributed by atoms with Crippen molar-refractivity contribution in [1.82, 2.24) is 4.90 Å². The minimum absolute atomic E-state index is 0.114. The van der Waals surface area contributed by atoms with E-state index in [0.717, 1.165) is 11.1 Å². The third-order valence-corrected chi connectivity index (χ3v) is 6.32. The molecule has 36 heavy (non-hydrogen) atoms. The minimum atomic E-state index is -0.973. The van der Waals surface area contributed by atoms with Crippen LogP contribution in [0.2, 0.25) is 10.0 Å². The molecule has 1 amide bonds. The predicted molar refractivity (Wildman–Crippen MR) is 143 cm³/mol. The van der Waals surface area contributed by atoms with E-state index in [1.807, 2.05) is 39.0 Å². The molecule has 2 rings (SSSR count). The van der Waals surface area contributed by atoms with Crippen LogP contribution in [0.5, 0.6) is 17.2 Å². The van der Waals surface area contributed by atoms with Crippen LogP contribution in [0.15, 0.2) is 43.0 Å². The first-order valence-electron chi connectivity index (χ1n) is 11.3. The number of ether oxygens (including phenoxy) is 5. The molecule has 198 valence electrons. The largest absolute Gasteiger partial charge is 0.493 e. The highest BCUT2D eigenvalue weighted by Crippen LogP contribution is 2.40. The molecule has 0 aliphatic heterocycles. The highest BCUT2D eigenvalue weighted by atomic mass is 35.5. The van der Waals surface area contributed by atoms with Crippen LogP contribution in [-0.4, -0.2) is 51.6 Å². The standard InChI is InChI=1S/C27H35Cl2NO6/c1-9-12-27(19-10-11-20(28)21(29)15-19,30(5)25(31)36-26(2,3)4)17-35-16-18-13-22(32-6)24(34-8)23(14-18)33-7/h9-11,13-15H,1,12,16-17H2,2-8H3. The Bertz CT molecular complexity index is 1040. The minimum Gasteiger partial charge on any atom is -0.493 e. The van der Waals surface area contributed by atoms with Crippen molar-refractivity contribution in [2.24, 2.45) is 0 Å². The van der Waals surface area contributed by atoms with Gasteiger partial charge in [-0.2, -0.15) is 0 Å². The molecule has 9 heteroatoms. The number of benzene rings is 2. The van der Waals surface area contributed by atoms with E-state index in [-0.39, 0.29) is 13.2 Å². The van der Waals surface area contributed by atoms with Crippen molar-refractivity contribution < 1.29 is 28.5 Å². The zero-order valence-electron chi connectivity index (χ0n) is 21.9. The summed E-state index contributed by atoms with van der Waals surface area (Å²) in [6.07, 6.45) is 1.59. The summed E-state index contributed by atoms with van der Waals surface area (Å²) in [5, 5.41) is 0.774. The summed E-state index contributed by atoms with van der Waals surface area (Å²) in [4.78, 5) is 14.7. The highest BCUT2D eigenvalue weighted by Gasteiger charge is 2.41. The first kappa shape index (κ1) is 29.6. The van der Waals surface area contributed by atoms with Crippen molar-refractivity contribution >= 4 is 29.3 Å². The molecule has 0 aliphatic carbocycles. The summed E-state index contributed by atoms with van der Waals surface area (Å²) in [7, 11) is 6.32. The number of halogens is 2. The predicted octanol–water partition coefficient (Wildman–Crippen LogP) is 6.87. The maximum atomic E-state index is 13.2. The van der Waals surface area contributed by atoms with Gasteiger partial charge in [0.25, 0.3) is 0 Å². The normalized spacial score (nSPS) is 12.9. The van der Waals surface area contributed by atoms with Crippen LogP contribution in [0, 0.1) is 0 Å². The number of carbonyl (C=O) groups excluding carboxylic acids is 1. The Morgan fingerprint density at radius 2 is 1.61 bits per heavy atom. The molecule has 0 aliphatic rings. The van der Waals surface area contributed by atoms with Gasteiger partial charge < -0.3 is 23.7 Å². The number of methoxy groups -OCH3 is 3. The van der Waals surface area contributed by atoms with Crippen molar-refractivity contribution in [2.75, 3.05) is 35.0 Å². The lowest BCUT2D eigenvalue weighted by Crippen LogP contribution is -2.51. The van der Waals surface area contributed by atoms with Crippen molar-refractivity contribution in [3.63, 3.8) is 0 Å². The summed E-state index contributed by atoms with van der Waals surface area (Å²) >= 11 is 12.5. The fraction of sp³-hybridized carbons (Fsp3) is 0.444. The number of carbonyl (C=O) groups is 1. The Morgan fingerprint density at radius 3 is 2.08 bits per heavy atom. The topological polar surface area (TPSA) is 66.5 Å². The number of amides is 1. The SMILES string of the molecule is C=CCC(COCc1cc(OC)c(OC)c(OC)c1)(c1ccc(Cl)c(Cl)c1)N(C)C(=O)OC(C)(C)C. The van der Waals surface area contributed by atoms with Gasteiger partial charge in [0.2, 0.25) is 5.75 Å². The average molecular weight is 540 g/mol. The Kier molecular flexibility index (Phi) is 10.3. The monoisotopic (exact) mass is 539 g/mol. The molecule has 0 saturated carbocycles. The summed E-state index contributed by atoms with van der Waals surface area (Å²) in [5.74, 6) is 1.52. The number of hydrogen-bond donors (Lipinski definition) is 0. The van der Waals surface area contributed by atoms with Crippen molar-refractivity contribution in [2.45, 2.75) is 44.9 Å². The van der Waals surface area contributed by atoms with Crippen molar-refractivity contribution in [3.8, 4) is 17.2 Å². The first-order chi connectivity index (χ1) is 16.9. The summed E-state index contributed by atoms with van der Waals surface area (Å²) in [5.41, 5.74) is -0.125. The fourth-order valence-electron chi connectivity index (χ4n) is 3.77. The van der Waals surface area contributed by atoms with Crippen LogP contribution in [0.1, 0.15) is 38.3 Å². The molecule has 1 atom stereocenters. The van der Waals surface area contributed by atoms with E-state index in [0.29, 0.717) is 33.7 Å². The summed E-state index contributed by atoms with van der Waals surface area (Å²) in [6.45, 7) is 9.68. The van der Waals surface area contributed by atoms with Crippen LogP contribution in [-0.2, 0) is 21.6 Å². The van der Waals surface area contributed by atoms with Crippen molar-refractivity contribution in [1.29, 1.82) is 0 Å². The van der Waals surface area contributed by atoms with E-state index < -0.39 is 17.2 Å². The van der Waals surface area contributed by atoms with Gasteiger partial charge in [0, 0.05) is 7.05 Å². The summed E-state index contributed by atoms with van der Waals surface area (Å²) in [6, 6.07) is 8.87. The molecule has 0 bridgehead atoms. The maximum absolute atomic E-state index is 13.2. The van der Waals surface area contributed by atoms with Gasteiger partial charge in [-0.3, -0.25) is 4.90 Å². The molecule has 0 spiro atoms. The average Bonchev–Trinajstić information content (AvgIpc) is 2.82. The van der Waals surface area contributed by atoms with Crippen LogP contribution >= 0.6 is 23.2 Å². The second kappa shape index (κ2) is 12.6. The zero-order chi connectivity index (χ0) is 27.1. The Hall–Kier alpha value is -2.61. The molecule has 0 heterocycles. The third kappa shape index (κ3) is 6.99. The lowest BCUT2D eigenvalue weighted by Gasteiger charge is -2.42. The smallest absolute Gasteiger partial charge is 0.410 e. The Labute approximate surface area is 223 Å². The first-order valence-corrected chi connectivity index (χ1v) is 12.1. The van der Waals surface area contributed by atoms with Gasteiger partial charge in [-0.05, 0) is 62.6 Å².